The highest BCUT2D eigenvalue weighted by Crippen LogP contribution is 2.44. The second-order valence-electron chi connectivity index (χ2n) is 8.68. The van der Waals surface area contributed by atoms with Crippen LogP contribution in [0.15, 0.2) is 60.7 Å². The van der Waals surface area contributed by atoms with Gasteiger partial charge in [-0.2, -0.15) is 0 Å². The Morgan fingerprint density at radius 3 is 2.33 bits per heavy atom. The molecule has 2 aromatic rings. The number of benzene rings is 2. The van der Waals surface area contributed by atoms with E-state index in [1.807, 2.05) is 30.3 Å². The monoisotopic (exact) mass is 448 g/mol. The molecule has 7 heteroatoms. The van der Waals surface area contributed by atoms with Gasteiger partial charge in [-0.1, -0.05) is 60.7 Å². The number of rotatable bonds is 7. The molecule has 0 spiro atoms. The van der Waals surface area contributed by atoms with Crippen LogP contribution in [-0.2, 0) is 14.3 Å². The van der Waals surface area contributed by atoms with E-state index < -0.39 is 24.0 Å². The van der Waals surface area contributed by atoms with Gasteiger partial charge in [0.15, 0.2) is 0 Å². The number of hydrogen-bond acceptors (Lipinski definition) is 4. The van der Waals surface area contributed by atoms with Crippen LogP contribution in [0.4, 0.5) is 4.79 Å². The Kier molecular flexibility index (Phi) is 6.77. The molecule has 0 saturated heterocycles. The topological polar surface area (TPSA) is 105 Å². The number of ether oxygens (including phenoxy) is 1. The molecule has 1 unspecified atom stereocenters. The number of nitrogens with one attached hydrogen (secondary N) is 2. The molecule has 0 bridgehead atoms. The maximum absolute atomic E-state index is 12.4. The standard InChI is InChI=1S/C26H28N2O5/c1-16(13-24(29)28-18-8-6-7-17(14-18)25(30)31)27-26(32)33-15-23-21-11-4-2-9-19(21)20-10-3-5-12-22(20)23/h2-6,8-12,16-18,23H,7,13-15H2,1H3,(H,27,32)(H,28,29)(H,30,31)/t16?,17-,18-/m0/s1. The number of alkyl carbamates (subject to hydrolysis) is 1. The molecule has 3 atom stereocenters. The second kappa shape index (κ2) is 9.90. The van der Waals surface area contributed by atoms with Crippen molar-refractivity contribution < 1.29 is 24.2 Å². The zero-order valence-corrected chi connectivity index (χ0v) is 18.5. The van der Waals surface area contributed by atoms with E-state index in [1.165, 1.54) is 0 Å². The van der Waals surface area contributed by atoms with Gasteiger partial charge < -0.3 is 20.5 Å². The molecule has 0 fully saturated rings. The molecule has 2 aliphatic rings. The van der Waals surface area contributed by atoms with E-state index in [0.717, 1.165) is 22.3 Å². The van der Waals surface area contributed by atoms with Crippen LogP contribution in [0.1, 0.15) is 43.2 Å². The maximum atomic E-state index is 12.4. The number of aliphatic carboxylic acids is 1. The van der Waals surface area contributed by atoms with Gasteiger partial charge >= 0.3 is 12.1 Å². The molecule has 7 nitrogen and oxygen atoms in total. The predicted molar refractivity (Wildman–Crippen MR) is 124 cm³/mol. The zero-order valence-electron chi connectivity index (χ0n) is 18.5. The van der Waals surface area contributed by atoms with E-state index in [-0.39, 0.29) is 30.9 Å². The largest absolute Gasteiger partial charge is 0.481 e. The Morgan fingerprint density at radius 1 is 1.06 bits per heavy atom. The number of carbonyl (C=O) groups excluding carboxylic acids is 2. The van der Waals surface area contributed by atoms with Crippen LogP contribution in [0.3, 0.4) is 0 Å². The first-order chi connectivity index (χ1) is 15.9. The SMILES string of the molecule is CC(CC(=O)N[C@H]1C=CC[C@H](C(=O)O)C1)NC(=O)OCC1c2ccccc2-c2ccccc21. The molecule has 0 radical (unpaired) electrons. The summed E-state index contributed by atoms with van der Waals surface area (Å²) in [5.41, 5.74) is 4.60. The van der Waals surface area contributed by atoms with Gasteiger partial charge in [-0.05, 0) is 42.0 Å². The molecule has 0 saturated carbocycles. The lowest BCUT2D eigenvalue weighted by atomic mass is 9.91. The molecule has 0 heterocycles. The van der Waals surface area contributed by atoms with Crippen LogP contribution >= 0.6 is 0 Å². The van der Waals surface area contributed by atoms with Crippen molar-refractivity contribution in [2.75, 3.05) is 6.61 Å². The summed E-state index contributed by atoms with van der Waals surface area (Å²) >= 11 is 0. The third-order valence-electron chi connectivity index (χ3n) is 6.22. The smallest absolute Gasteiger partial charge is 0.407 e. The molecule has 3 N–H and O–H groups in total. The Morgan fingerprint density at radius 2 is 1.70 bits per heavy atom. The Hall–Kier alpha value is -3.61. The van der Waals surface area contributed by atoms with Gasteiger partial charge in [-0.25, -0.2) is 4.79 Å². The average Bonchev–Trinajstić information content (AvgIpc) is 3.11. The van der Waals surface area contributed by atoms with Gasteiger partial charge in [0.05, 0.1) is 5.92 Å². The summed E-state index contributed by atoms with van der Waals surface area (Å²) < 4.78 is 5.52. The van der Waals surface area contributed by atoms with Crippen molar-refractivity contribution in [1.82, 2.24) is 10.6 Å². The Bertz CT molecular complexity index is 1030. The van der Waals surface area contributed by atoms with E-state index in [0.29, 0.717) is 12.8 Å². The lowest BCUT2D eigenvalue weighted by Crippen LogP contribution is -2.42. The zero-order chi connectivity index (χ0) is 23.4. The second-order valence-corrected chi connectivity index (χ2v) is 8.68. The Labute approximate surface area is 192 Å². The van der Waals surface area contributed by atoms with Gasteiger partial charge in [0.1, 0.15) is 6.61 Å². The van der Waals surface area contributed by atoms with Crippen LogP contribution in [-0.4, -0.2) is 41.8 Å². The molecule has 172 valence electrons. The minimum absolute atomic E-state index is 0.0259. The Balaban J connectivity index is 1.26. The lowest BCUT2D eigenvalue weighted by Gasteiger charge is -2.23. The van der Waals surface area contributed by atoms with E-state index in [2.05, 4.69) is 34.9 Å². The molecule has 2 aromatic carbocycles. The summed E-state index contributed by atoms with van der Waals surface area (Å²) in [6.45, 7) is 1.94. The predicted octanol–water partition coefficient (Wildman–Crippen LogP) is 3.84. The molecule has 33 heavy (non-hydrogen) atoms. The van der Waals surface area contributed by atoms with Gasteiger partial charge in [-0.3, -0.25) is 9.59 Å². The fourth-order valence-corrected chi connectivity index (χ4v) is 4.63. The highest BCUT2D eigenvalue weighted by molar-refractivity contribution is 5.80. The van der Waals surface area contributed by atoms with Crippen LogP contribution in [0.25, 0.3) is 11.1 Å². The third-order valence-corrected chi connectivity index (χ3v) is 6.22. The number of hydrogen-bond donors (Lipinski definition) is 3. The fraction of sp³-hybridized carbons (Fsp3) is 0.346. The molecule has 0 aliphatic heterocycles. The summed E-state index contributed by atoms with van der Waals surface area (Å²) in [5.74, 6) is -1.62. The summed E-state index contributed by atoms with van der Waals surface area (Å²) in [5, 5.41) is 14.7. The first kappa shape index (κ1) is 22.6. The lowest BCUT2D eigenvalue weighted by molar-refractivity contribution is -0.142. The highest BCUT2D eigenvalue weighted by atomic mass is 16.5. The average molecular weight is 449 g/mol. The van der Waals surface area contributed by atoms with Gasteiger partial charge in [0, 0.05) is 24.4 Å². The van der Waals surface area contributed by atoms with Crippen molar-refractivity contribution >= 4 is 18.0 Å². The number of fused-ring (bicyclic) bond motifs is 3. The summed E-state index contributed by atoms with van der Waals surface area (Å²) in [6, 6.07) is 15.5. The van der Waals surface area contributed by atoms with E-state index in [4.69, 9.17) is 9.84 Å². The minimum Gasteiger partial charge on any atom is -0.481 e. The fourth-order valence-electron chi connectivity index (χ4n) is 4.63. The van der Waals surface area contributed by atoms with Crippen molar-refractivity contribution in [2.24, 2.45) is 5.92 Å². The first-order valence-electron chi connectivity index (χ1n) is 11.2. The minimum atomic E-state index is -0.858. The van der Waals surface area contributed by atoms with Gasteiger partial charge in [0.25, 0.3) is 0 Å². The first-order valence-corrected chi connectivity index (χ1v) is 11.2. The number of carboxylic acids is 1. The molecule has 2 aliphatic carbocycles. The quantitative estimate of drug-likeness (QED) is 0.558. The van der Waals surface area contributed by atoms with Crippen molar-refractivity contribution in [1.29, 1.82) is 0 Å². The van der Waals surface area contributed by atoms with E-state index in [1.54, 1.807) is 13.0 Å². The van der Waals surface area contributed by atoms with Crippen molar-refractivity contribution in [3.8, 4) is 11.1 Å². The van der Waals surface area contributed by atoms with Crippen LogP contribution in [0.2, 0.25) is 0 Å². The van der Waals surface area contributed by atoms with Crippen molar-refractivity contribution in [3.05, 3.63) is 71.8 Å². The maximum Gasteiger partial charge on any atom is 0.407 e. The summed E-state index contributed by atoms with van der Waals surface area (Å²) in [6.07, 6.45) is 3.95. The van der Waals surface area contributed by atoms with E-state index in [9.17, 15) is 14.4 Å². The van der Waals surface area contributed by atoms with Gasteiger partial charge in [0.2, 0.25) is 5.91 Å². The van der Waals surface area contributed by atoms with Crippen molar-refractivity contribution in [2.45, 2.75) is 44.2 Å². The van der Waals surface area contributed by atoms with Gasteiger partial charge in [-0.15, -0.1) is 0 Å². The summed E-state index contributed by atoms with van der Waals surface area (Å²) in [7, 11) is 0. The molecule has 0 aromatic heterocycles. The van der Waals surface area contributed by atoms with Crippen LogP contribution in [0, 0.1) is 5.92 Å². The molecule has 2 amide bonds. The molecular weight excluding hydrogens is 420 g/mol. The third kappa shape index (κ3) is 5.25. The highest BCUT2D eigenvalue weighted by Gasteiger charge is 2.29. The van der Waals surface area contributed by atoms with Crippen molar-refractivity contribution in [3.63, 3.8) is 0 Å². The number of carboxylic acid groups (broad SMARTS) is 1. The normalized spacial score (nSPS) is 19.8. The van der Waals surface area contributed by atoms with E-state index >= 15 is 0 Å². The number of carbonyl (C=O) groups is 3. The van der Waals surface area contributed by atoms with Crippen LogP contribution in [0.5, 0.6) is 0 Å². The number of allylic oxidation sites excluding steroid dienone is 1. The number of amides is 2. The molecule has 4 rings (SSSR count). The molecular formula is C26H28N2O5. The van der Waals surface area contributed by atoms with Crippen LogP contribution < -0.4 is 10.6 Å². The summed E-state index contributed by atoms with van der Waals surface area (Å²) in [4.78, 5) is 35.9.